The van der Waals surface area contributed by atoms with Crippen LogP contribution in [0, 0.1) is 11.3 Å². The molecule has 2 rings (SSSR count). The summed E-state index contributed by atoms with van der Waals surface area (Å²) in [5, 5.41) is 12.3. The zero-order valence-corrected chi connectivity index (χ0v) is 17.5. The predicted octanol–water partition coefficient (Wildman–Crippen LogP) is 3.19. The highest BCUT2D eigenvalue weighted by Gasteiger charge is 2.30. The fourth-order valence-electron chi connectivity index (χ4n) is 3.41. The van der Waals surface area contributed by atoms with Gasteiger partial charge in [0.25, 0.3) is 5.91 Å². The molecule has 0 unspecified atom stereocenters. The van der Waals surface area contributed by atoms with Gasteiger partial charge in [-0.15, -0.1) is 0 Å². The minimum atomic E-state index is -4.44. The fourth-order valence-corrected chi connectivity index (χ4v) is 3.41. The zero-order valence-electron chi connectivity index (χ0n) is 17.5. The molecular weight excluding hydrogens is 393 g/mol. The zero-order chi connectivity index (χ0) is 22.3. The molecule has 0 saturated carbocycles. The van der Waals surface area contributed by atoms with Gasteiger partial charge < -0.3 is 14.8 Å². The number of quaternary nitrogens is 1. The molecule has 0 aliphatic carbocycles. The molecule has 0 radical (unpaired) electrons. The van der Waals surface area contributed by atoms with Gasteiger partial charge in [-0.25, -0.2) is 0 Å². The van der Waals surface area contributed by atoms with Gasteiger partial charge in [0.15, 0.2) is 0 Å². The van der Waals surface area contributed by atoms with Crippen molar-refractivity contribution in [1.82, 2.24) is 9.88 Å². The lowest BCUT2D eigenvalue weighted by atomic mass is 10.1. The summed E-state index contributed by atoms with van der Waals surface area (Å²) in [6.45, 7) is 9.34. The first-order chi connectivity index (χ1) is 14.2. The Hall–Kier alpha value is -2.79. The molecule has 1 aromatic heterocycles. The van der Waals surface area contributed by atoms with Crippen LogP contribution in [-0.4, -0.2) is 36.2 Å². The molecule has 5 nitrogen and oxygen atoms in total. The quantitative estimate of drug-likeness (QED) is 0.653. The molecule has 0 saturated heterocycles. The molecule has 0 fully saturated rings. The number of nitrogens with one attached hydrogen (secondary N) is 2. The first-order valence-electron chi connectivity index (χ1n) is 10.1. The van der Waals surface area contributed by atoms with Crippen molar-refractivity contribution in [3.05, 3.63) is 53.3 Å². The average Bonchev–Trinajstić information content (AvgIpc) is 3.15. The van der Waals surface area contributed by atoms with Crippen molar-refractivity contribution < 1.29 is 22.9 Å². The number of carbonyl (C=O) groups excluding carboxylic acids is 1. The van der Waals surface area contributed by atoms with E-state index in [9.17, 15) is 23.2 Å². The fraction of sp³-hybridized carbons (Fsp3) is 0.455. The van der Waals surface area contributed by atoms with Crippen LogP contribution in [0.2, 0.25) is 0 Å². The number of amides is 1. The summed E-state index contributed by atoms with van der Waals surface area (Å²) in [5.74, 6) is -0.417. The summed E-state index contributed by atoms with van der Waals surface area (Å²) in [7, 11) is 0. The third-order valence-electron chi connectivity index (χ3n) is 5.24. The van der Waals surface area contributed by atoms with Crippen molar-refractivity contribution in [2.75, 3.05) is 19.6 Å². The van der Waals surface area contributed by atoms with Gasteiger partial charge in [0.2, 0.25) is 0 Å². The standard InChI is InChI=1S/C22H27F3N4O/c1-4-28(5-2)13-6-7-16(3)27-21(30)20-17(15-26)12-14-29(20)19-10-8-18(9-11-19)22(23,24)25/h8-12,14,16H,4-7,13H2,1-3H3,(H,27,30)/p+1/t16-/m0/s1. The van der Waals surface area contributed by atoms with E-state index in [-0.39, 0.29) is 17.3 Å². The summed E-state index contributed by atoms with van der Waals surface area (Å²) < 4.78 is 39.9. The number of rotatable bonds is 9. The molecular formula is C22H28F3N4O+. The van der Waals surface area contributed by atoms with Gasteiger partial charge in [0.05, 0.1) is 30.8 Å². The Balaban J connectivity index is 2.14. The lowest BCUT2D eigenvalue weighted by molar-refractivity contribution is -0.896. The number of alkyl halides is 3. The number of hydrogen-bond donors (Lipinski definition) is 2. The minimum Gasteiger partial charge on any atom is -0.348 e. The van der Waals surface area contributed by atoms with E-state index in [0.717, 1.165) is 44.6 Å². The molecule has 0 aliphatic rings. The van der Waals surface area contributed by atoms with Gasteiger partial charge in [-0.3, -0.25) is 4.79 Å². The Kier molecular flexibility index (Phi) is 8.07. The lowest BCUT2D eigenvalue weighted by Gasteiger charge is -2.18. The third-order valence-corrected chi connectivity index (χ3v) is 5.24. The van der Waals surface area contributed by atoms with E-state index in [1.807, 2.05) is 13.0 Å². The van der Waals surface area contributed by atoms with Crippen LogP contribution < -0.4 is 10.2 Å². The Morgan fingerprint density at radius 2 is 1.83 bits per heavy atom. The van der Waals surface area contributed by atoms with Crippen LogP contribution in [0.25, 0.3) is 5.69 Å². The summed E-state index contributed by atoms with van der Waals surface area (Å²) in [4.78, 5) is 14.4. The van der Waals surface area contributed by atoms with Crippen LogP contribution in [0.15, 0.2) is 36.5 Å². The predicted molar refractivity (Wildman–Crippen MR) is 109 cm³/mol. The topological polar surface area (TPSA) is 62.3 Å². The molecule has 1 amide bonds. The summed E-state index contributed by atoms with van der Waals surface area (Å²) in [6, 6.07) is 7.88. The van der Waals surface area contributed by atoms with E-state index in [1.165, 1.54) is 33.9 Å². The van der Waals surface area contributed by atoms with Crippen LogP contribution in [-0.2, 0) is 6.18 Å². The van der Waals surface area contributed by atoms with Gasteiger partial charge in [0, 0.05) is 17.9 Å². The Labute approximate surface area is 175 Å². The highest BCUT2D eigenvalue weighted by Crippen LogP contribution is 2.30. The van der Waals surface area contributed by atoms with Gasteiger partial charge in [-0.2, -0.15) is 18.4 Å². The molecule has 30 heavy (non-hydrogen) atoms. The number of nitriles is 1. The minimum absolute atomic E-state index is 0.0880. The van der Waals surface area contributed by atoms with Gasteiger partial charge >= 0.3 is 6.18 Å². The number of halogens is 3. The molecule has 2 N–H and O–H groups in total. The molecule has 0 spiro atoms. The maximum absolute atomic E-state index is 12.9. The summed E-state index contributed by atoms with van der Waals surface area (Å²) in [6.07, 6.45) is -1.15. The molecule has 1 aromatic carbocycles. The van der Waals surface area contributed by atoms with E-state index < -0.39 is 17.6 Å². The first kappa shape index (κ1) is 23.5. The monoisotopic (exact) mass is 421 g/mol. The number of carbonyl (C=O) groups is 1. The maximum Gasteiger partial charge on any atom is 0.416 e. The molecule has 8 heteroatoms. The first-order valence-corrected chi connectivity index (χ1v) is 10.1. The van der Waals surface area contributed by atoms with Gasteiger partial charge in [-0.05, 0) is 63.9 Å². The molecule has 0 bridgehead atoms. The number of nitrogens with zero attached hydrogens (tertiary/aromatic N) is 2. The van der Waals surface area contributed by atoms with E-state index in [4.69, 9.17) is 0 Å². The van der Waals surface area contributed by atoms with Crippen molar-refractivity contribution in [3.8, 4) is 11.8 Å². The summed E-state index contributed by atoms with van der Waals surface area (Å²) in [5.41, 5.74) is -0.0908. The van der Waals surface area contributed by atoms with Crippen molar-refractivity contribution in [3.63, 3.8) is 0 Å². The second-order valence-electron chi connectivity index (χ2n) is 7.33. The number of benzene rings is 1. The Morgan fingerprint density at radius 1 is 1.20 bits per heavy atom. The molecule has 1 atom stereocenters. The Bertz CT molecular complexity index is 877. The van der Waals surface area contributed by atoms with Crippen molar-refractivity contribution >= 4 is 5.91 Å². The van der Waals surface area contributed by atoms with E-state index in [1.54, 1.807) is 0 Å². The van der Waals surface area contributed by atoms with Crippen LogP contribution in [0.1, 0.15) is 55.2 Å². The smallest absolute Gasteiger partial charge is 0.348 e. The SMILES string of the molecule is CC[NH+](CC)CCC[C@H](C)NC(=O)c1c(C#N)ccn1-c1ccc(C(F)(F)F)cc1. The third kappa shape index (κ3) is 5.86. The van der Waals surface area contributed by atoms with Crippen LogP contribution >= 0.6 is 0 Å². The molecule has 1 heterocycles. The highest BCUT2D eigenvalue weighted by atomic mass is 19.4. The van der Waals surface area contributed by atoms with E-state index >= 15 is 0 Å². The number of hydrogen-bond acceptors (Lipinski definition) is 2. The second-order valence-corrected chi connectivity index (χ2v) is 7.33. The van der Waals surface area contributed by atoms with Crippen molar-refractivity contribution in [2.24, 2.45) is 0 Å². The molecule has 162 valence electrons. The van der Waals surface area contributed by atoms with Gasteiger partial charge in [-0.1, -0.05) is 0 Å². The summed E-state index contributed by atoms with van der Waals surface area (Å²) >= 11 is 0. The second kappa shape index (κ2) is 10.3. The normalized spacial score (nSPS) is 12.6. The van der Waals surface area contributed by atoms with Crippen LogP contribution in [0.3, 0.4) is 0 Å². The average molecular weight is 421 g/mol. The molecule has 2 aromatic rings. The van der Waals surface area contributed by atoms with E-state index in [2.05, 4.69) is 19.2 Å². The highest BCUT2D eigenvalue weighted by molar-refractivity contribution is 5.96. The van der Waals surface area contributed by atoms with Crippen molar-refractivity contribution in [1.29, 1.82) is 5.26 Å². The number of aromatic nitrogens is 1. The van der Waals surface area contributed by atoms with Crippen LogP contribution in [0.4, 0.5) is 13.2 Å². The maximum atomic E-state index is 12.9. The molecule has 0 aliphatic heterocycles. The lowest BCUT2D eigenvalue weighted by Crippen LogP contribution is -3.11. The van der Waals surface area contributed by atoms with Crippen LogP contribution in [0.5, 0.6) is 0 Å². The largest absolute Gasteiger partial charge is 0.416 e. The Morgan fingerprint density at radius 3 is 2.37 bits per heavy atom. The van der Waals surface area contributed by atoms with E-state index in [0.29, 0.717) is 5.69 Å². The van der Waals surface area contributed by atoms with Crippen molar-refractivity contribution in [2.45, 2.75) is 45.8 Å². The van der Waals surface area contributed by atoms with Gasteiger partial charge in [0.1, 0.15) is 11.8 Å².